The molecule has 0 heterocycles. The Balaban J connectivity index is 5.17. The predicted molar refractivity (Wildman–Crippen MR) is 418 cm³/mol. The smallest absolute Gasteiger partial charge is 0.462 e. The van der Waals surface area contributed by atoms with Crippen molar-refractivity contribution in [1.82, 2.24) is 0 Å². The molecule has 6 atom stereocenters. The van der Waals surface area contributed by atoms with Gasteiger partial charge in [-0.25, -0.2) is 9.13 Å². The van der Waals surface area contributed by atoms with Gasteiger partial charge < -0.3 is 33.8 Å². The van der Waals surface area contributed by atoms with E-state index >= 15 is 0 Å². The van der Waals surface area contributed by atoms with Crippen LogP contribution in [-0.2, 0) is 65.4 Å². The third kappa shape index (κ3) is 74.9. The van der Waals surface area contributed by atoms with E-state index in [1.54, 1.807) is 0 Å². The molecule has 17 nitrogen and oxygen atoms in total. The minimum absolute atomic E-state index is 0.105. The Bertz CT molecular complexity index is 1960. The van der Waals surface area contributed by atoms with Crippen molar-refractivity contribution in [2.45, 2.75) is 458 Å². The molecule has 0 aliphatic rings. The number of hydrogen-bond donors (Lipinski definition) is 3. The van der Waals surface area contributed by atoms with Gasteiger partial charge in [-0.3, -0.25) is 37.3 Å². The van der Waals surface area contributed by atoms with E-state index in [0.717, 1.165) is 102 Å². The number of aliphatic hydroxyl groups is 1. The highest BCUT2D eigenvalue weighted by Crippen LogP contribution is 2.45. The molecule has 0 rings (SSSR count). The SMILES string of the molecule is CCCCCCCCCCCCCCCCCCCCCCC(=O)OC[C@H](COP(=O)(O)OC[C@@H](O)COP(=O)(O)OC[C@@H](COC(=O)CCCCCCCCCCC)OC(=O)CCCCCCCCCCC(C)C)OC(=O)CCCCCCCCCCCCCCCCCCCCC(C)CC. The molecule has 0 aromatic heterocycles. The number of ether oxygens (including phenoxy) is 4. The second kappa shape index (κ2) is 74.5. The fourth-order valence-electron chi connectivity index (χ4n) is 12.9. The van der Waals surface area contributed by atoms with Crippen LogP contribution in [0.4, 0.5) is 0 Å². The summed E-state index contributed by atoms with van der Waals surface area (Å²) in [6.45, 7) is 9.65. The first-order valence-corrected chi connectivity index (χ1v) is 46.0. The molecule has 0 bridgehead atoms. The van der Waals surface area contributed by atoms with Gasteiger partial charge in [0, 0.05) is 25.7 Å². The summed E-state index contributed by atoms with van der Waals surface area (Å²) in [6, 6.07) is 0. The van der Waals surface area contributed by atoms with Gasteiger partial charge >= 0.3 is 39.5 Å². The van der Waals surface area contributed by atoms with Crippen molar-refractivity contribution < 1.29 is 80.2 Å². The van der Waals surface area contributed by atoms with Crippen LogP contribution in [0.15, 0.2) is 0 Å². The number of hydrogen-bond acceptors (Lipinski definition) is 15. The molecule has 606 valence electrons. The maximum atomic E-state index is 13.1. The van der Waals surface area contributed by atoms with Crippen molar-refractivity contribution in [2.24, 2.45) is 11.8 Å². The van der Waals surface area contributed by atoms with E-state index in [-0.39, 0.29) is 25.7 Å². The number of aliphatic hydroxyl groups excluding tert-OH is 1. The minimum Gasteiger partial charge on any atom is -0.462 e. The summed E-state index contributed by atoms with van der Waals surface area (Å²) in [5, 5.41) is 10.6. The lowest BCUT2D eigenvalue weighted by Gasteiger charge is -2.21. The summed E-state index contributed by atoms with van der Waals surface area (Å²) < 4.78 is 68.7. The first-order valence-electron chi connectivity index (χ1n) is 43.0. The van der Waals surface area contributed by atoms with Crippen molar-refractivity contribution in [1.29, 1.82) is 0 Å². The predicted octanol–water partition coefficient (Wildman–Crippen LogP) is 25.1. The van der Waals surface area contributed by atoms with Gasteiger partial charge in [0.2, 0.25) is 0 Å². The van der Waals surface area contributed by atoms with Gasteiger partial charge in [0.15, 0.2) is 12.2 Å². The maximum absolute atomic E-state index is 13.1. The van der Waals surface area contributed by atoms with E-state index in [1.165, 1.54) is 257 Å². The van der Waals surface area contributed by atoms with Crippen molar-refractivity contribution >= 4 is 39.5 Å². The van der Waals surface area contributed by atoms with Crippen LogP contribution >= 0.6 is 15.6 Å². The topological polar surface area (TPSA) is 237 Å². The molecule has 0 aliphatic carbocycles. The summed E-state index contributed by atoms with van der Waals surface area (Å²) in [5.41, 5.74) is 0. The van der Waals surface area contributed by atoms with Crippen molar-refractivity contribution in [3.05, 3.63) is 0 Å². The summed E-state index contributed by atoms with van der Waals surface area (Å²) in [4.78, 5) is 73.0. The fourth-order valence-corrected chi connectivity index (χ4v) is 14.4. The Kier molecular flexibility index (Phi) is 73.1. The summed E-state index contributed by atoms with van der Waals surface area (Å²) in [6.07, 6.45) is 65.5. The number of phosphoric acid groups is 2. The quantitative estimate of drug-likeness (QED) is 0.0222. The number of esters is 4. The highest BCUT2D eigenvalue weighted by molar-refractivity contribution is 7.47. The Morgan fingerprint density at radius 3 is 0.745 bits per heavy atom. The van der Waals surface area contributed by atoms with Crippen LogP contribution in [0.1, 0.15) is 440 Å². The molecule has 19 heteroatoms. The third-order valence-electron chi connectivity index (χ3n) is 19.8. The molecule has 0 aromatic carbocycles. The zero-order valence-corrected chi connectivity index (χ0v) is 68.7. The first-order chi connectivity index (χ1) is 49.4. The fraction of sp³-hybridized carbons (Fsp3) is 0.952. The highest BCUT2D eigenvalue weighted by atomic mass is 31.2. The van der Waals surface area contributed by atoms with E-state index in [2.05, 4.69) is 41.5 Å². The molecular formula is C83H162O17P2. The molecule has 102 heavy (non-hydrogen) atoms. The molecule has 0 aromatic rings. The van der Waals surface area contributed by atoms with Crippen LogP contribution < -0.4 is 0 Å². The zero-order chi connectivity index (χ0) is 74.9. The van der Waals surface area contributed by atoms with Crippen LogP contribution in [0.3, 0.4) is 0 Å². The Hall–Kier alpha value is -1.94. The van der Waals surface area contributed by atoms with Crippen molar-refractivity contribution in [3.63, 3.8) is 0 Å². The molecule has 0 amide bonds. The Morgan fingerprint density at radius 1 is 0.284 bits per heavy atom. The average Bonchev–Trinajstić information content (AvgIpc) is 0.930. The molecular weight excluding hydrogens is 1330 g/mol. The van der Waals surface area contributed by atoms with E-state index in [1.807, 2.05) is 0 Å². The molecule has 0 aliphatic heterocycles. The van der Waals surface area contributed by atoms with Crippen LogP contribution in [0.2, 0.25) is 0 Å². The summed E-state index contributed by atoms with van der Waals surface area (Å²) >= 11 is 0. The molecule has 0 saturated heterocycles. The molecule has 0 radical (unpaired) electrons. The van der Waals surface area contributed by atoms with E-state index in [9.17, 15) is 43.2 Å². The summed E-state index contributed by atoms with van der Waals surface area (Å²) in [5.74, 6) is -0.521. The van der Waals surface area contributed by atoms with Gasteiger partial charge in [0.25, 0.3) is 0 Å². The number of phosphoric ester groups is 2. The van der Waals surface area contributed by atoms with Crippen molar-refractivity contribution in [2.75, 3.05) is 39.6 Å². The van der Waals surface area contributed by atoms with Gasteiger partial charge in [0.05, 0.1) is 26.4 Å². The van der Waals surface area contributed by atoms with E-state index < -0.39 is 97.5 Å². The van der Waals surface area contributed by atoms with Gasteiger partial charge in [-0.15, -0.1) is 0 Å². The number of unbranched alkanes of at least 4 members (excludes halogenated alkanes) is 51. The normalized spacial score (nSPS) is 14.1. The lowest BCUT2D eigenvalue weighted by molar-refractivity contribution is -0.161. The summed E-state index contributed by atoms with van der Waals surface area (Å²) in [7, 11) is -9.92. The van der Waals surface area contributed by atoms with Gasteiger partial charge in [0.1, 0.15) is 19.3 Å². The molecule has 3 unspecified atom stereocenters. The number of carbonyl (C=O) groups excluding carboxylic acids is 4. The maximum Gasteiger partial charge on any atom is 0.472 e. The second-order valence-electron chi connectivity index (χ2n) is 30.6. The second-order valence-corrected chi connectivity index (χ2v) is 33.5. The van der Waals surface area contributed by atoms with Crippen molar-refractivity contribution in [3.8, 4) is 0 Å². The third-order valence-corrected chi connectivity index (χ3v) is 21.7. The molecule has 3 N–H and O–H groups in total. The van der Waals surface area contributed by atoms with Gasteiger partial charge in [-0.2, -0.15) is 0 Å². The van der Waals surface area contributed by atoms with Gasteiger partial charge in [-0.05, 0) is 37.5 Å². The number of rotatable bonds is 82. The van der Waals surface area contributed by atoms with Crippen LogP contribution in [-0.4, -0.2) is 96.7 Å². The van der Waals surface area contributed by atoms with Crippen LogP contribution in [0.5, 0.6) is 0 Å². The van der Waals surface area contributed by atoms with E-state index in [4.69, 9.17) is 37.0 Å². The van der Waals surface area contributed by atoms with E-state index in [0.29, 0.717) is 25.7 Å². The lowest BCUT2D eigenvalue weighted by Crippen LogP contribution is -2.30. The molecule has 0 spiro atoms. The average molecular weight is 1490 g/mol. The Labute approximate surface area is 626 Å². The van der Waals surface area contributed by atoms with Crippen LogP contribution in [0.25, 0.3) is 0 Å². The lowest BCUT2D eigenvalue weighted by atomic mass is 9.99. The zero-order valence-electron chi connectivity index (χ0n) is 66.9. The number of carbonyl (C=O) groups is 4. The van der Waals surface area contributed by atoms with Crippen LogP contribution in [0, 0.1) is 11.8 Å². The molecule has 0 fully saturated rings. The minimum atomic E-state index is -4.96. The monoisotopic (exact) mass is 1490 g/mol. The highest BCUT2D eigenvalue weighted by Gasteiger charge is 2.30. The van der Waals surface area contributed by atoms with Gasteiger partial charge in [-0.1, -0.05) is 388 Å². The molecule has 0 saturated carbocycles. The standard InChI is InChI=1S/C83H162O17P2/c1-7-10-12-14-16-18-19-20-21-22-23-24-28-31-34-37-41-48-54-60-66-81(86)94-72-78(99-82(87)67-61-55-49-42-38-35-32-29-26-25-27-30-33-36-40-46-52-58-64-76(6)9-3)73-97-101(89,90)95-69-77(84)70-96-102(91,92)98-74-79(71-93-80(85)65-59-53-47-39-17-15-13-11-8-2)100-83(88)68-62-56-50-44-43-45-51-57-63-75(4)5/h75-79,84H,7-74H2,1-6H3,(H,89,90)(H,91,92)/t76?,77-,78-,79-/m1/s1. The largest absolute Gasteiger partial charge is 0.472 e. The Morgan fingerprint density at radius 2 is 0.500 bits per heavy atom. The first kappa shape index (κ1) is 100.